The minimum absolute atomic E-state index is 0.0738. The fraction of sp³-hybridized carbons (Fsp3) is 0.364. The molecular weight excluding hydrogens is 252 g/mol. The molecule has 0 atom stereocenters. The number of nitrogen functional groups attached to an aromatic ring is 1. The lowest BCUT2D eigenvalue weighted by Gasteiger charge is -2.08. The van der Waals surface area contributed by atoms with Gasteiger partial charge in [-0.15, -0.1) is 11.3 Å². The molecular formula is C11H14N4O2S. The Morgan fingerprint density at radius 2 is 2.17 bits per heavy atom. The van der Waals surface area contributed by atoms with Crippen LogP contribution >= 0.6 is 11.3 Å². The number of rotatable bonds is 3. The van der Waals surface area contributed by atoms with Crippen molar-refractivity contribution < 1.29 is 0 Å². The van der Waals surface area contributed by atoms with E-state index in [9.17, 15) is 9.59 Å². The standard InChI is InChI=1S/C11H14N4O2S/c1-3-14-4-8(12)10(16)15(11(14)17)5-9-13-7(2)6-18-9/h4,6H,3,5,12H2,1-2H3. The van der Waals surface area contributed by atoms with E-state index in [-0.39, 0.29) is 17.9 Å². The van der Waals surface area contributed by atoms with E-state index < -0.39 is 5.56 Å². The number of nitrogens with two attached hydrogens (primary N) is 1. The number of hydrogen-bond acceptors (Lipinski definition) is 5. The predicted octanol–water partition coefficient (Wildman–Crippen LogP) is 0.425. The van der Waals surface area contributed by atoms with Gasteiger partial charge in [0.25, 0.3) is 5.56 Å². The van der Waals surface area contributed by atoms with E-state index in [2.05, 4.69) is 4.98 Å². The van der Waals surface area contributed by atoms with Crippen LogP contribution in [0.4, 0.5) is 5.69 Å². The summed E-state index contributed by atoms with van der Waals surface area (Å²) in [4.78, 5) is 28.1. The maximum absolute atomic E-state index is 12.0. The van der Waals surface area contributed by atoms with Crippen molar-refractivity contribution in [2.24, 2.45) is 0 Å². The smallest absolute Gasteiger partial charge is 0.331 e. The number of hydrogen-bond donors (Lipinski definition) is 1. The monoisotopic (exact) mass is 266 g/mol. The lowest BCUT2D eigenvalue weighted by atomic mass is 10.5. The number of nitrogens with zero attached hydrogens (tertiary/aromatic N) is 3. The van der Waals surface area contributed by atoms with E-state index >= 15 is 0 Å². The molecule has 7 heteroatoms. The summed E-state index contributed by atoms with van der Waals surface area (Å²) in [5, 5.41) is 2.60. The number of thiazole rings is 1. The first-order valence-electron chi connectivity index (χ1n) is 5.53. The summed E-state index contributed by atoms with van der Waals surface area (Å²) in [5.41, 5.74) is 5.75. The van der Waals surface area contributed by atoms with Crippen LogP contribution < -0.4 is 17.0 Å². The number of anilines is 1. The minimum atomic E-state index is -0.461. The minimum Gasteiger partial charge on any atom is -0.393 e. The van der Waals surface area contributed by atoms with Gasteiger partial charge in [0.2, 0.25) is 0 Å². The first-order chi connectivity index (χ1) is 8.52. The Morgan fingerprint density at radius 3 is 2.72 bits per heavy atom. The molecule has 0 radical (unpaired) electrons. The molecule has 0 saturated carbocycles. The highest BCUT2D eigenvalue weighted by Crippen LogP contribution is 2.08. The van der Waals surface area contributed by atoms with E-state index in [1.54, 1.807) is 0 Å². The quantitative estimate of drug-likeness (QED) is 0.873. The summed E-state index contributed by atoms with van der Waals surface area (Å²) in [5.74, 6) is 0. The highest BCUT2D eigenvalue weighted by atomic mass is 32.1. The molecule has 6 nitrogen and oxygen atoms in total. The van der Waals surface area contributed by atoms with E-state index in [0.717, 1.165) is 15.3 Å². The summed E-state index contributed by atoms with van der Waals surface area (Å²) < 4.78 is 2.54. The zero-order valence-corrected chi connectivity index (χ0v) is 11.0. The molecule has 2 aromatic rings. The molecule has 0 aliphatic heterocycles. The molecule has 0 spiro atoms. The van der Waals surface area contributed by atoms with Crippen LogP contribution in [0.3, 0.4) is 0 Å². The third-order valence-electron chi connectivity index (χ3n) is 2.56. The van der Waals surface area contributed by atoms with Gasteiger partial charge in [-0.05, 0) is 13.8 Å². The molecule has 96 valence electrons. The highest BCUT2D eigenvalue weighted by Gasteiger charge is 2.10. The molecule has 0 unspecified atom stereocenters. The van der Waals surface area contributed by atoms with E-state index in [1.165, 1.54) is 22.1 Å². The summed E-state index contributed by atoms with van der Waals surface area (Å²) >= 11 is 1.42. The average molecular weight is 266 g/mol. The second-order valence-corrected chi connectivity index (χ2v) is 4.87. The van der Waals surface area contributed by atoms with Gasteiger partial charge < -0.3 is 5.73 Å². The van der Waals surface area contributed by atoms with Crippen molar-refractivity contribution in [2.75, 3.05) is 5.73 Å². The van der Waals surface area contributed by atoms with Crippen molar-refractivity contribution in [1.82, 2.24) is 14.1 Å². The van der Waals surface area contributed by atoms with Crippen LogP contribution in [0, 0.1) is 6.92 Å². The molecule has 0 aliphatic carbocycles. The Bertz CT molecular complexity index is 683. The lowest BCUT2D eigenvalue weighted by molar-refractivity contribution is 0.601. The second-order valence-electron chi connectivity index (χ2n) is 3.93. The molecule has 0 aliphatic rings. The zero-order valence-electron chi connectivity index (χ0n) is 10.2. The van der Waals surface area contributed by atoms with Crippen molar-refractivity contribution in [2.45, 2.75) is 26.9 Å². The summed E-state index contributed by atoms with van der Waals surface area (Å²) in [6.45, 7) is 4.33. The molecule has 2 rings (SSSR count). The normalized spacial score (nSPS) is 10.8. The van der Waals surface area contributed by atoms with Gasteiger partial charge in [-0.2, -0.15) is 0 Å². The Morgan fingerprint density at radius 1 is 1.44 bits per heavy atom. The fourth-order valence-corrected chi connectivity index (χ4v) is 2.41. The summed E-state index contributed by atoms with van der Waals surface area (Å²) in [6, 6.07) is 0. The van der Waals surface area contributed by atoms with Crippen molar-refractivity contribution in [3.63, 3.8) is 0 Å². The van der Waals surface area contributed by atoms with Gasteiger partial charge in [0.15, 0.2) is 0 Å². The molecule has 2 aromatic heterocycles. The fourth-order valence-electron chi connectivity index (χ4n) is 1.65. The number of aryl methyl sites for hydroxylation is 2. The van der Waals surface area contributed by atoms with E-state index in [0.29, 0.717) is 6.54 Å². The predicted molar refractivity (Wildman–Crippen MR) is 71.0 cm³/mol. The summed E-state index contributed by atoms with van der Waals surface area (Å²) in [6.07, 6.45) is 1.38. The van der Waals surface area contributed by atoms with Gasteiger partial charge in [0, 0.05) is 23.8 Å². The van der Waals surface area contributed by atoms with Crippen LogP contribution in [-0.4, -0.2) is 14.1 Å². The van der Waals surface area contributed by atoms with E-state index in [4.69, 9.17) is 5.73 Å². The van der Waals surface area contributed by atoms with Crippen LogP contribution in [-0.2, 0) is 13.1 Å². The third kappa shape index (κ3) is 2.21. The largest absolute Gasteiger partial charge is 0.393 e. The highest BCUT2D eigenvalue weighted by molar-refractivity contribution is 7.09. The van der Waals surface area contributed by atoms with Crippen molar-refractivity contribution in [3.05, 3.63) is 43.1 Å². The van der Waals surface area contributed by atoms with Crippen molar-refractivity contribution >= 4 is 17.0 Å². The topological polar surface area (TPSA) is 82.9 Å². The van der Waals surface area contributed by atoms with Gasteiger partial charge in [0.1, 0.15) is 10.7 Å². The first kappa shape index (κ1) is 12.6. The molecule has 0 bridgehead atoms. The Balaban J connectivity index is 2.53. The van der Waals surface area contributed by atoms with Crippen LogP contribution in [0.2, 0.25) is 0 Å². The van der Waals surface area contributed by atoms with Gasteiger partial charge in [0.05, 0.1) is 6.54 Å². The van der Waals surface area contributed by atoms with Crippen molar-refractivity contribution in [3.8, 4) is 0 Å². The maximum Gasteiger partial charge on any atom is 0.331 e. The van der Waals surface area contributed by atoms with Gasteiger partial charge in [-0.25, -0.2) is 9.78 Å². The first-order valence-corrected chi connectivity index (χ1v) is 6.41. The van der Waals surface area contributed by atoms with Crippen LogP contribution in [0.1, 0.15) is 17.6 Å². The Kier molecular flexibility index (Phi) is 3.33. The van der Waals surface area contributed by atoms with Gasteiger partial charge >= 0.3 is 5.69 Å². The molecule has 0 aromatic carbocycles. The second kappa shape index (κ2) is 4.77. The third-order valence-corrected chi connectivity index (χ3v) is 3.52. The summed E-state index contributed by atoms with van der Waals surface area (Å²) in [7, 11) is 0. The zero-order chi connectivity index (χ0) is 13.3. The molecule has 0 saturated heterocycles. The SMILES string of the molecule is CCn1cc(N)c(=O)n(Cc2nc(C)cs2)c1=O. The molecule has 18 heavy (non-hydrogen) atoms. The Hall–Kier alpha value is -1.89. The van der Waals surface area contributed by atoms with Gasteiger partial charge in [-0.3, -0.25) is 13.9 Å². The molecule has 0 amide bonds. The molecule has 0 fully saturated rings. The van der Waals surface area contributed by atoms with Crippen LogP contribution in [0.25, 0.3) is 0 Å². The van der Waals surface area contributed by atoms with E-state index in [1.807, 2.05) is 19.2 Å². The van der Waals surface area contributed by atoms with Crippen LogP contribution in [0.5, 0.6) is 0 Å². The molecule has 2 heterocycles. The van der Waals surface area contributed by atoms with Crippen molar-refractivity contribution in [1.29, 1.82) is 0 Å². The number of aromatic nitrogens is 3. The Labute approximate surface area is 107 Å². The average Bonchev–Trinajstić information content (AvgIpc) is 2.75. The van der Waals surface area contributed by atoms with Crippen LogP contribution in [0.15, 0.2) is 21.2 Å². The lowest BCUT2D eigenvalue weighted by Crippen LogP contribution is -2.40. The van der Waals surface area contributed by atoms with Gasteiger partial charge in [-0.1, -0.05) is 0 Å². The maximum atomic E-state index is 12.0. The molecule has 2 N–H and O–H groups in total.